The molecule has 3 aromatic rings. The molecular formula is C20H19N5O2. The Kier molecular flexibility index (Phi) is 3.69. The molecule has 7 heteroatoms. The van der Waals surface area contributed by atoms with Crippen molar-refractivity contribution in [1.82, 2.24) is 15.1 Å². The summed E-state index contributed by atoms with van der Waals surface area (Å²) in [5.74, 6) is 0.887. The third kappa shape index (κ3) is 2.63. The molecule has 0 N–H and O–H groups in total. The molecule has 1 aliphatic rings. The maximum Gasteiger partial charge on any atom is 0.243 e. The Labute approximate surface area is 156 Å². The predicted octanol–water partition coefficient (Wildman–Crippen LogP) is 2.74. The van der Waals surface area contributed by atoms with Gasteiger partial charge in [0, 0.05) is 36.0 Å². The van der Waals surface area contributed by atoms with Gasteiger partial charge < -0.3 is 5.21 Å². The summed E-state index contributed by atoms with van der Waals surface area (Å²) in [6, 6.07) is 9.18. The summed E-state index contributed by atoms with van der Waals surface area (Å²) in [6.45, 7) is 7.25. The molecule has 3 heterocycles. The molecule has 0 saturated carbocycles. The van der Waals surface area contributed by atoms with Crippen molar-refractivity contribution in [2.24, 2.45) is 0 Å². The normalized spacial score (nSPS) is 15.1. The van der Waals surface area contributed by atoms with Crippen LogP contribution >= 0.6 is 0 Å². The molecule has 0 radical (unpaired) electrons. The SMILES string of the molecule is Cc1ncc(-c2ccc3c(c2)N(c2ccc(C)[n+]([O-])n2)C(=O)C3(C)C)cn1. The molecule has 1 aromatic carbocycles. The lowest BCUT2D eigenvalue weighted by Gasteiger charge is -2.18. The molecule has 0 fully saturated rings. The van der Waals surface area contributed by atoms with Gasteiger partial charge in [-0.1, -0.05) is 17.0 Å². The van der Waals surface area contributed by atoms with Gasteiger partial charge in [0.15, 0.2) is 0 Å². The van der Waals surface area contributed by atoms with Gasteiger partial charge in [-0.3, -0.25) is 9.69 Å². The fourth-order valence-corrected chi connectivity index (χ4v) is 3.28. The van der Waals surface area contributed by atoms with E-state index in [1.54, 1.807) is 31.5 Å². The summed E-state index contributed by atoms with van der Waals surface area (Å²) in [6.07, 6.45) is 3.51. The number of aryl methyl sites for hydroxylation is 2. The number of hydrogen-bond acceptors (Lipinski definition) is 5. The summed E-state index contributed by atoms with van der Waals surface area (Å²) in [5.41, 5.74) is 3.12. The summed E-state index contributed by atoms with van der Waals surface area (Å²) in [7, 11) is 0. The average molecular weight is 361 g/mol. The van der Waals surface area contributed by atoms with Crippen LogP contribution in [0.3, 0.4) is 0 Å². The van der Waals surface area contributed by atoms with E-state index in [1.807, 2.05) is 39.0 Å². The fourth-order valence-electron chi connectivity index (χ4n) is 3.28. The van der Waals surface area contributed by atoms with Gasteiger partial charge in [-0.15, -0.1) is 0 Å². The molecule has 1 aliphatic heterocycles. The maximum absolute atomic E-state index is 13.1. The van der Waals surface area contributed by atoms with E-state index < -0.39 is 5.41 Å². The van der Waals surface area contributed by atoms with Crippen molar-refractivity contribution in [1.29, 1.82) is 0 Å². The molecule has 2 aromatic heterocycles. The molecule has 27 heavy (non-hydrogen) atoms. The Balaban J connectivity index is 1.88. The first-order chi connectivity index (χ1) is 12.8. The van der Waals surface area contributed by atoms with Crippen LogP contribution in [0, 0.1) is 19.1 Å². The van der Waals surface area contributed by atoms with Gasteiger partial charge in [-0.25, -0.2) is 9.97 Å². The second-order valence-electron chi connectivity index (χ2n) is 7.22. The Hall–Kier alpha value is -3.35. The number of anilines is 2. The van der Waals surface area contributed by atoms with Crippen LogP contribution in [0.1, 0.15) is 30.9 Å². The third-order valence-corrected chi connectivity index (χ3v) is 4.96. The topological polar surface area (TPSA) is 85.9 Å². The highest BCUT2D eigenvalue weighted by molar-refractivity contribution is 6.12. The maximum atomic E-state index is 13.1. The second-order valence-corrected chi connectivity index (χ2v) is 7.22. The number of carbonyl (C=O) groups is 1. The number of carbonyl (C=O) groups excluding carboxylic acids is 1. The zero-order valence-electron chi connectivity index (χ0n) is 15.6. The van der Waals surface area contributed by atoms with E-state index in [0.29, 0.717) is 22.2 Å². The number of hydrogen-bond donors (Lipinski definition) is 0. The Bertz CT molecular complexity index is 1060. The van der Waals surface area contributed by atoms with Crippen LogP contribution in [0.4, 0.5) is 11.5 Å². The van der Waals surface area contributed by atoms with E-state index >= 15 is 0 Å². The lowest BCUT2D eigenvalue weighted by molar-refractivity contribution is -0.674. The standard InChI is InChI=1S/C20H19N5O2/c1-12-5-8-18(23-25(12)27)24-17-9-14(15-10-21-13(2)22-11-15)6-7-16(17)20(3,4)19(24)26/h5-11H,1-4H3. The molecular weight excluding hydrogens is 342 g/mol. The largest absolute Gasteiger partial charge is 0.594 e. The first-order valence-corrected chi connectivity index (χ1v) is 8.64. The molecule has 1 amide bonds. The molecule has 136 valence electrons. The molecule has 7 nitrogen and oxygen atoms in total. The highest BCUT2D eigenvalue weighted by Gasteiger charge is 2.45. The first kappa shape index (κ1) is 17.1. The van der Waals surface area contributed by atoms with Crippen LogP contribution < -0.4 is 9.75 Å². The summed E-state index contributed by atoms with van der Waals surface area (Å²) < 4.78 is 0. The number of amides is 1. The minimum absolute atomic E-state index is 0.119. The van der Waals surface area contributed by atoms with Crippen LogP contribution in [0.25, 0.3) is 11.1 Å². The van der Waals surface area contributed by atoms with E-state index in [4.69, 9.17) is 0 Å². The van der Waals surface area contributed by atoms with Crippen LogP contribution in [0.15, 0.2) is 42.7 Å². The predicted molar refractivity (Wildman–Crippen MR) is 100 cm³/mol. The molecule has 4 rings (SSSR count). The zero-order valence-corrected chi connectivity index (χ0v) is 15.6. The van der Waals surface area contributed by atoms with Crippen LogP contribution in [0.2, 0.25) is 0 Å². The van der Waals surface area contributed by atoms with E-state index in [0.717, 1.165) is 22.4 Å². The zero-order chi connectivity index (χ0) is 19.3. The van der Waals surface area contributed by atoms with Crippen molar-refractivity contribution in [3.8, 4) is 11.1 Å². The number of aromatic nitrogens is 4. The van der Waals surface area contributed by atoms with Gasteiger partial charge in [0.25, 0.3) is 0 Å². The average Bonchev–Trinajstić information content (AvgIpc) is 2.84. The van der Waals surface area contributed by atoms with Crippen molar-refractivity contribution in [2.75, 3.05) is 4.90 Å². The molecule has 0 unspecified atom stereocenters. The van der Waals surface area contributed by atoms with Gasteiger partial charge in [-0.05, 0) is 44.0 Å². The van der Waals surface area contributed by atoms with Gasteiger partial charge in [-0.2, -0.15) is 0 Å². The van der Waals surface area contributed by atoms with Gasteiger partial charge in [0.2, 0.25) is 17.4 Å². The first-order valence-electron chi connectivity index (χ1n) is 8.64. The van der Waals surface area contributed by atoms with Gasteiger partial charge >= 0.3 is 0 Å². The Morgan fingerprint density at radius 1 is 1.04 bits per heavy atom. The number of rotatable bonds is 2. The highest BCUT2D eigenvalue weighted by Crippen LogP contribution is 2.46. The second kappa shape index (κ2) is 5.84. The van der Waals surface area contributed by atoms with Crippen molar-refractivity contribution in [3.63, 3.8) is 0 Å². The summed E-state index contributed by atoms with van der Waals surface area (Å²) >= 11 is 0. The minimum Gasteiger partial charge on any atom is -0.594 e. The van der Waals surface area contributed by atoms with Crippen molar-refractivity contribution in [3.05, 3.63) is 65.0 Å². The summed E-state index contributed by atoms with van der Waals surface area (Å²) in [4.78, 5) is 23.7. The molecule has 0 bridgehead atoms. The lowest BCUT2D eigenvalue weighted by Crippen LogP contribution is -2.39. The summed E-state index contributed by atoms with van der Waals surface area (Å²) in [5, 5.41) is 16.0. The lowest BCUT2D eigenvalue weighted by atomic mass is 9.85. The Morgan fingerprint density at radius 2 is 1.74 bits per heavy atom. The molecule has 0 spiro atoms. The monoisotopic (exact) mass is 361 g/mol. The van der Waals surface area contributed by atoms with E-state index in [2.05, 4.69) is 15.1 Å². The molecule has 0 saturated heterocycles. The highest BCUT2D eigenvalue weighted by atomic mass is 16.5. The van der Waals surface area contributed by atoms with Crippen LogP contribution in [0.5, 0.6) is 0 Å². The fraction of sp³-hybridized carbons (Fsp3) is 0.250. The smallest absolute Gasteiger partial charge is 0.243 e. The van der Waals surface area contributed by atoms with Gasteiger partial charge in [0.1, 0.15) is 5.82 Å². The number of fused-ring (bicyclic) bond motifs is 1. The molecule has 0 aliphatic carbocycles. The molecule has 0 atom stereocenters. The van der Waals surface area contributed by atoms with Crippen molar-refractivity contribution >= 4 is 17.4 Å². The number of benzene rings is 1. The van der Waals surface area contributed by atoms with Crippen molar-refractivity contribution < 1.29 is 9.64 Å². The number of nitrogens with zero attached hydrogens (tertiary/aromatic N) is 5. The van der Waals surface area contributed by atoms with Crippen LogP contribution in [-0.4, -0.2) is 21.0 Å². The minimum atomic E-state index is -0.710. The van der Waals surface area contributed by atoms with E-state index in [1.165, 1.54) is 4.90 Å². The van der Waals surface area contributed by atoms with Gasteiger partial charge in [0.05, 0.1) is 11.1 Å². The van der Waals surface area contributed by atoms with Crippen molar-refractivity contribution in [2.45, 2.75) is 33.1 Å². The van der Waals surface area contributed by atoms with Crippen LogP contribution in [-0.2, 0) is 10.2 Å². The third-order valence-electron chi connectivity index (χ3n) is 4.96. The van der Waals surface area contributed by atoms with E-state index in [9.17, 15) is 10.0 Å². The Morgan fingerprint density at radius 3 is 2.41 bits per heavy atom. The quantitative estimate of drug-likeness (QED) is 0.517. The van der Waals surface area contributed by atoms with E-state index in [-0.39, 0.29) is 5.91 Å².